The van der Waals surface area contributed by atoms with E-state index >= 15 is 0 Å². The highest BCUT2D eigenvalue weighted by molar-refractivity contribution is 5.76. The maximum atomic E-state index is 12.9. The summed E-state index contributed by atoms with van der Waals surface area (Å²) in [6, 6.07) is -0.982. The molecule has 0 radical (unpaired) electrons. The summed E-state index contributed by atoms with van der Waals surface area (Å²) in [4.78, 5) is 12.9. The van der Waals surface area contributed by atoms with Crippen LogP contribution in [0.15, 0.2) is 24.3 Å². The van der Waals surface area contributed by atoms with Gasteiger partial charge in [0.2, 0.25) is 5.91 Å². The van der Waals surface area contributed by atoms with Crippen molar-refractivity contribution in [1.82, 2.24) is 5.32 Å². The molecule has 0 aromatic rings. The summed E-state index contributed by atoms with van der Waals surface area (Å²) in [7, 11) is 0. The Bertz CT molecular complexity index is 1540. The molecule has 0 aromatic heterocycles. The number of allylic oxidation sites excluding steroid dienone is 3. The molecule has 3 aliphatic heterocycles. The van der Waals surface area contributed by atoms with E-state index in [1.54, 1.807) is 6.08 Å². The van der Waals surface area contributed by atoms with Crippen LogP contribution < -0.4 is 5.32 Å². The molecule has 3 saturated heterocycles. The number of carbonyl (C=O) groups is 1. The number of hydrogen-bond acceptors (Lipinski definition) is 18. The standard InChI is InChI=1S/C60H111NO18/c1-3-5-7-8-9-10-11-12-13-14-15-16-17-18-19-20-21-22-23-24-25-26-27-28-29-30-31-32-33-34-36-37-44(65)43(61-48(66)38-35-6-4-2)42-74-58-54(72)51(69)56(46(40-63)76-58)79-60-55(73)52(70)57(47(41-64)77-60)78-59-53(71)50(68)49(67)45(39-62)75-59/h31-32,36-37,43-47,49-60,62-65,67-73H,3-30,33-35,38-42H2,1-2H3,(H,61,66)/b32-31+,37-36+. The fourth-order valence-electron chi connectivity index (χ4n) is 10.6. The summed E-state index contributed by atoms with van der Waals surface area (Å²) >= 11 is 0. The minimum absolute atomic E-state index is 0.222. The summed E-state index contributed by atoms with van der Waals surface area (Å²) in [5, 5.41) is 119. The van der Waals surface area contributed by atoms with Crippen LogP contribution in [0.3, 0.4) is 0 Å². The molecule has 0 bridgehead atoms. The first-order valence-electron chi connectivity index (χ1n) is 31.1. The van der Waals surface area contributed by atoms with Crippen LogP contribution in [-0.4, -0.2) is 193 Å². The SMILES string of the molecule is CCCCCCCCCCCCCCCCCCCCCCCCCCC/C=C/CC/C=C/C(O)C(COC1OC(CO)C(OC2OC(CO)C(OC3OC(CO)C(O)C(O)C3O)C(O)C2O)C(O)C1O)NC(=O)CCCCC. The number of unbranched alkanes of at least 4 members (excludes halogenated alkanes) is 28. The molecular formula is C60H111NO18. The van der Waals surface area contributed by atoms with Crippen LogP contribution in [0.4, 0.5) is 0 Å². The van der Waals surface area contributed by atoms with Gasteiger partial charge in [0.1, 0.15) is 73.2 Å². The van der Waals surface area contributed by atoms with Crippen LogP contribution in [0, 0.1) is 0 Å². The minimum Gasteiger partial charge on any atom is -0.394 e. The van der Waals surface area contributed by atoms with E-state index in [2.05, 4.69) is 24.4 Å². The molecule has 79 heavy (non-hydrogen) atoms. The highest BCUT2D eigenvalue weighted by Gasteiger charge is 2.53. The van der Waals surface area contributed by atoms with Crippen molar-refractivity contribution in [2.75, 3.05) is 26.4 Å². The Morgan fingerprint density at radius 1 is 0.443 bits per heavy atom. The van der Waals surface area contributed by atoms with E-state index < -0.39 is 124 Å². The molecule has 3 fully saturated rings. The van der Waals surface area contributed by atoms with Crippen molar-refractivity contribution < 1.29 is 89.4 Å². The molecule has 3 aliphatic rings. The zero-order valence-electron chi connectivity index (χ0n) is 48.4. The number of aliphatic hydroxyl groups is 11. The molecule has 17 atom stereocenters. The highest BCUT2D eigenvalue weighted by Crippen LogP contribution is 2.33. The molecule has 0 aromatic carbocycles. The third kappa shape index (κ3) is 27.7. The Morgan fingerprint density at radius 3 is 1.27 bits per heavy atom. The molecule has 3 rings (SSSR count). The molecule has 464 valence electrons. The predicted octanol–water partition coefficient (Wildman–Crippen LogP) is 5.93. The van der Waals surface area contributed by atoms with Gasteiger partial charge in [-0.2, -0.15) is 0 Å². The number of nitrogens with one attached hydrogen (secondary N) is 1. The van der Waals surface area contributed by atoms with E-state index in [4.69, 9.17) is 28.4 Å². The lowest BCUT2D eigenvalue weighted by molar-refractivity contribution is -0.379. The molecule has 12 N–H and O–H groups in total. The lowest BCUT2D eigenvalue weighted by Crippen LogP contribution is -2.66. The van der Waals surface area contributed by atoms with Gasteiger partial charge >= 0.3 is 0 Å². The lowest BCUT2D eigenvalue weighted by atomic mass is 9.96. The van der Waals surface area contributed by atoms with Crippen LogP contribution in [-0.2, 0) is 33.2 Å². The molecule has 19 heteroatoms. The maximum absolute atomic E-state index is 12.9. The van der Waals surface area contributed by atoms with Crippen LogP contribution in [0.2, 0.25) is 0 Å². The van der Waals surface area contributed by atoms with Gasteiger partial charge in [-0.25, -0.2) is 0 Å². The maximum Gasteiger partial charge on any atom is 0.220 e. The molecule has 0 aliphatic carbocycles. The van der Waals surface area contributed by atoms with Gasteiger partial charge in [0, 0.05) is 6.42 Å². The van der Waals surface area contributed by atoms with Crippen molar-refractivity contribution in [3.63, 3.8) is 0 Å². The third-order valence-corrected chi connectivity index (χ3v) is 15.8. The van der Waals surface area contributed by atoms with E-state index in [1.807, 2.05) is 13.0 Å². The Labute approximate surface area is 473 Å². The van der Waals surface area contributed by atoms with E-state index in [0.29, 0.717) is 12.8 Å². The van der Waals surface area contributed by atoms with Gasteiger partial charge in [0.05, 0.1) is 38.6 Å². The Balaban J connectivity index is 1.32. The van der Waals surface area contributed by atoms with Gasteiger partial charge < -0.3 is 89.9 Å². The second-order valence-corrected chi connectivity index (χ2v) is 22.5. The monoisotopic (exact) mass is 1130 g/mol. The van der Waals surface area contributed by atoms with E-state index in [1.165, 1.54) is 154 Å². The first-order chi connectivity index (χ1) is 38.3. The fraction of sp³-hybridized carbons (Fsp3) is 0.917. The van der Waals surface area contributed by atoms with Gasteiger partial charge in [0.25, 0.3) is 0 Å². The zero-order valence-corrected chi connectivity index (χ0v) is 48.4. The Hall–Kier alpha value is -1.73. The molecule has 17 unspecified atom stereocenters. The number of ether oxygens (including phenoxy) is 6. The predicted molar refractivity (Wildman–Crippen MR) is 300 cm³/mol. The van der Waals surface area contributed by atoms with Crippen LogP contribution in [0.1, 0.15) is 219 Å². The third-order valence-electron chi connectivity index (χ3n) is 15.8. The topological polar surface area (TPSA) is 307 Å². The minimum atomic E-state index is -1.98. The normalized spacial score (nSPS) is 30.4. The second-order valence-electron chi connectivity index (χ2n) is 22.5. The molecule has 1 amide bonds. The number of hydrogen-bond donors (Lipinski definition) is 12. The largest absolute Gasteiger partial charge is 0.394 e. The summed E-state index contributed by atoms with van der Waals surface area (Å²) in [6.45, 7) is 1.51. The lowest BCUT2D eigenvalue weighted by Gasteiger charge is -2.48. The molecule has 0 spiro atoms. The first-order valence-corrected chi connectivity index (χ1v) is 31.1. The molecular weight excluding hydrogens is 1020 g/mol. The number of aliphatic hydroxyl groups excluding tert-OH is 11. The summed E-state index contributed by atoms with van der Waals surface area (Å²) in [5.74, 6) is -0.310. The number of carbonyl (C=O) groups excluding carboxylic acids is 1. The van der Waals surface area contributed by atoms with Gasteiger partial charge in [-0.15, -0.1) is 0 Å². The fourth-order valence-corrected chi connectivity index (χ4v) is 10.6. The molecule has 19 nitrogen and oxygen atoms in total. The first kappa shape index (κ1) is 71.5. The van der Waals surface area contributed by atoms with Crippen molar-refractivity contribution in [2.45, 2.75) is 324 Å². The van der Waals surface area contributed by atoms with E-state index in [-0.39, 0.29) is 18.9 Å². The number of amides is 1. The number of rotatable bonds is 46. The van der Waals surface area contributed by atoms with Gasteiger partial charge in [0.15, 0.2) is 18.9 Å². The average Bonchev–Trinajstić information content (AvgIpc) is 3.49. The zero-order chi connectivity index (χ0) is 57.6. The van der Waals surface area contributed by atoms with Crippen LogP contribution >= 0.6 is 0 Å². The summed E-state index contributed by atoms with van der Waals surface area (Å²) in [6.07, 6.45) is 20.4. The van der Waals surface area contributed by atoms with Crippen molar-refractivity contribution in [3.8, 4) is 0 Å². The smallest absolute Gasteiger partial charge is 0.220 e. The van der Waals surface area contributed by atoms with E-state index in [9.17, 15) is 61.0 Å². The van der Waals surface area contributed by atoms with Gasteiger partial charge in [-0.3, -0.25) is 4.79 Å². The van der Waals surface area contributed by atoms with Crippen molar-refractivity contribution >= 4 is 5.91 Å². The van der Waals surface area contributed by atoms with Crippen LogP contribution in [0.5, 0.6) is 0 Å². The van der Waals surface area contributed by atoms with E-state index in [0.717, 1.165) is 32.1 Å². The molecule has 0 saturated carbocycles. The second kappa shape index (κ2) is 43.8. The molecule has 3 heterocycles. The van der Waals surface area contributed by atoms with Crippen LogP contribution in [0.25, 0.3) is 0 Å². The van der Waals surface area contributed by atoms with Gasteiger partial charge in [-0.05, 0) is 32.1 Å². The van der Waals surface area contributed by atoms with Crippen molar-refractivity contribution in [1.29, 1.82) is 0 Å². The average molecular weight is 1130 g/mol. The highest BCUT2D eigenvalue weighted by atomic mass is 16.8. The van der Waals surface area contributed by atoms with Crippen molar-refractivity contribution in [3.05, 3.63) is 24.3 Å². The van der Waals surface area contributed by atoms with Crippen molar-refractivity contribution in [2.24, 2.45) is 0 Å². The van der Waals surface area contributed by atoms with Gasteiger partial charge in [-0.1, -0.05) is 205 Å². The summed E-state index contributed by atoms with van der Waals surface area (Å²) in [5.41, 5.74) is 0. The Kier molecular flexibility index (Phi) is 39.7. The Morgan fingerprint density at radius 2 is 0.810 bits per heavy atom. The quantitative estimate of drug-likeness (QED) is 0.0248. The summed E-state index contributed by atoms with van der Waals surface area (Å²) < 4.78 is 34.0.